The third-order valence-corrected chi connectivity index (χ3v) is 7.51. The van der Waals surface area contributed by atoms with Gasteiger partial charge in [0.25, 0.3) is 0 Å². The number of ketones is 1. The molecule has 1 atom stereocenters. The van der Waals surface area contributed by atoms with E-state index in [4.69, 9.17) is 16.3 Å². The molecule has 5 rings (SSSR count). The van der Waals surface area contributed by atoms with E-state index in [1.807, 2.05) is 77.7 Å². The average molecular weight is 530 g/mol. The molecule has 1 amide bonds. The quantitative estimate of drug-likeness (QED) is 0.393. The normalized spacial score (nSPS) is 18.2. The maximum atomic E-state index is 13.8. The van der Waals surface area contributed by atoms with Crippen LogP contribution in [0, 0.1) is 5.41 Å². The summed E-state index contributed by atoms with van der Waals surface area (Å²) in [5.41, 5.74) is 4.88. The third kappa shape index (κ3) is 5.27. The zero-order valence-electron chi connectivity index (χ0n) is 21.9. The fraction of sp³-hybridized carbons (Fsp3) is 0.290. The van der Waals surface area contributed by atoms with Gasteiger partial charge in [-0.1, -0.05) is 67.9 Å². The first kappa shape index (κ1) is 25.9. The monoisotopic (exact) mass is 529 g/mol. The number of nitrogens with zero attached hydrogens (tertiary/aromatic N) is 1. The van der Waals surface area contributed by atoms with E-state index in [0.717, 1.165) is 40.4 Å². The number of allylic oxidation sites excluding steroid dienone is 1. The molecule has 0 saturated carbocycles. The van der Waals surface area contributed by atoms with Crippen LogP contribution in [0.25, 0.3) is 0 Å². The molecule has 7 heteroatoms. The summed E-state index contributed by atoms with van der Waals surface area (Å²) < 4.78 is 5.23. The van der Waals surface area contributed by atoms with Crippen LogP contribution in [0.4, 0.5) is 11.4 Å². The van der Waals surface area contributed by atoms with Gasteiger partial charge >= 0.3 is 0 Å². The van der Waals surface area contributed by atoms with Gasteiger partial charge < -0.3 is 20.3 Å². The van der Waals surface area contributed by atoms with Crippen LogP contribution in [0.3, 0.4) is 0 Å². The molecule has 0 aromatic heterocycles. The molecule has 38 heavy (non-hydrogen) atoms. The Kier molecular flexibility index (Phi) is 7.17. The van der Waals surface area contributed by atoms with Crippen molar-refractivity contribution in [2.75, 3.05) is 23.9 Å². The Hall–Kier alpha value is -3.77. The molecule has 6 nitrogen and oxygen atoms in total. The fourth-order valence-electron chi connectivity index (χ4n) is 5.40. The number of para-hydroxylation sites is 2. The van der Waals surface area contributed by atoms with Crippen LogP contribution in [-0.2, 0) is 16.1 Å². The first-order valence-corrected chi connectivity index (χ1v) is 13.2. The first-order valence-electron chi connectivity index (χ1n) is 12.8. The predicted molar refractivity (Wildman–Crippen MR) is 151 cm³/mol. The number of Topliss-reactive ketones (excluding diaryl/α,β-unsaturated/α-hetero) is 1. The van der Waals surface area contributed by atoms with Crippen molar-refractivity contribution < 1.29 is 14.3 Å². The molecular weight excluding hydrogens is 498 g/mol. The van der Waals surface area contributed by atoms with Gasteiger partial charge in [0, 0.05) is 29.3 Å². The van der Waals surface area contributed by atoms with Gasteiger partial charge in [-0.25, -0.2) is 0 Å². The van der Waals surface area contributed by atoms with Crippen molar-refractivity contribution in [3.8, 4) is 5.75 Å². The van der Waals surface area contributed by atoms with Crippen LogP contribution in [0.15, 0.2) is 84.1 Å². The summed E-state index contributed by atoms with van der Waals surface area (Å²) in [5, 5.41) is 7.17. The van der Waals surface area contributed by atoms with Crippen molar-refractivity contribution in [3.05, 3.63) is 100 Å². The lowest BCUT2D eigenvalue weighted by atomic mass is 9.73. The van der Waals surface area contributed by atoms with E-state index in [-0.39, 0.29) is 23.7 Å². The summed E-state index contributed by atoms with van der Waals surface area (Å²) in [6.45, 7) is 4.66. The number of amides is 1. The van der Waals surface area contributed by atoms with E-state index >= 15 is 0 Å². The summed E-state index contributed by atoms with van der Waals surface area (Å²) in [5.74, 6) is 0.686. The van der Waals surface area contributed by atoms with E-state index in [2.05, 4.69) is 24.5 Å². The molecule has 2 aliphatic rings. The van der Waals surface area contributed by atoms with E-state index in [1.165, 1.54) is 0 Å². The Labute approximate surface area is 228 Å². The number of halogens is 1. The van der Waals surface area contributed by atoms with Gasteiger partial charge in [-0.05, 0) is 53.3 Å². The minimum atomic E-state index is -0.509. The molecule has 0 radical (unpaired) electrons. The zero-order chi connectivity index (χ0) is 26.9. The number of ether oxygens (including phenoxy) is 1. The Bertz CT molecular complexity index is 1400. The van der Waals surface area contributed by atoms with Gasteiger partial charge in [0.2, 0.25) is 5.91 Å². The molecule has 1 aliphatic carbocycles. The number of hydrogen-bond acceptors (Lipinski definition) is 5. The van der Waals surface area contributed by atoms with Gasteiger partial charge in [0.1, 0.15) is 5.75 Å². The van der Waals surface area contributed by atoms with E-state index in [9.17, 15) is 9.59 Å². The molecule has 1 unspecified atom stereocenters. The number of fused-ring (bicyclic) bond motifs is 1. The Morgan fingerprint density at radius 1 is 1.05 bits per heavy atom. The molecule has 3 aromatic carbocycles. The summed E-state index contributed by atoms with van der Waals surface area (Å²) >= 11 is 6.75. The van der Waals surface area contributed by atoms with Gasteiger partial charge in [0.15, 0.2) is 5.78 Å². The highest BCUT2D eigenvalue weighted by Crippen LogP contribution is 2.49. The van der Waals surface area contributed by atoms with Crippen LogP contribution in [0.5, 0.6) is 5.75 Å². The number of carbonyl (C=O) groups is 2. The molecule has 2 N–H and O–H groups in total. The number of nitrogens with one attached hydrogen (secondary N) is 2. The Morgan fingerprint density at radius 2 is 1.76 bits per heavy atom. The summed E-state index contributed by atoms with van der Waals surface area (Å²) in [7, 11) is 1.62. The lowest BCUT2D eigenvalue weighted by Crippen LogP contribution is -2.42. The zero-order valence-corrected chi connectivity index (χ0v) is 22.6. The lowest BCUT2D eigenvalue weighted by Gasteiger charge is -2.38. The number of carbonyl (C=O) groups excluding carboxylic acids is 2. The minimum Gasteiger partial charge on any atom is -0.497 e. The van der Waals surface area contributed by atoms with Crippen molar-refractivity contribution >= 4 is 34.7 Å². The maximum absolute atomic E-state index is 13.8. The van der Waals surface area contributed by atoms with Gasteiger partial charge in [-0.15, -0.1) is 0 Å². The summed E-state index contributed by atoms with van der Waals surface area (Å²) in [6.07, 6.45) is 1.16. The van der Waals surface area contributed by atoms with Crippen molar-refractivity contribution in [1.82, 2.24) is 5.32 Å². The standard InChI is InChI=1S/C31H32ClN3O3/c1-31(2)16-25-29(27(36)17-31)30(22-8-4-5-9-23(22)32)35(26-11-7-6-10-24(26)34-25)19-28(37)33-18-20-12-14-21(38-3)15-13-20/h4-15,30,34H,16-19H2,1-3H3,(H,33,37). The fourth-order valence-corrected chi connectivity index (χ4v) is 5.64. The molecule has 0 bridgehead atoms. The van der Waals surface area contributed by atoms with Crippen molar-refractivity contribution in [1.29, 1.82) is 0 Å². The smallest absolute Gasteiger partial charge is 0.239 e. The molecule has 0 spiro atoms. The molecule has 1 aliphatic heterocycles. The van der Waals surface area contributed by atoms with Gasteiger partial charge in [0.05, 0.1) is 31.1 Å². The second-order valence-corrected chi connectivity index (χ2v) is 11.1. The topological polar surface area (TPSA) is 70.7 Å². The maximum Gasteiger partial charge on any atom is 0.239 e. The molecule has 0 fully saturated rings. The summed E-state index contributed by atoms with van der Waals surface area (Å²) in [4.78, 5) is 29.2. The lowest BCUT2D eigenvalue weighted by molar-refractivity contribution is -0.120. The highest BCUT2D eigenvalue weighted by Gasteiger charge is 2.42. The first-order chi connectivity index (χ1) is 18.3. The molecular formula is C31H32ClN3O3. The summed E-state index contributed by atoms with van der Waals surface area (Å²) in [6, 6.07) is 22.5. The predicted octanol–water partition coefficient (Wildman–Crippen LogP) is 6.28. The van der Waals surface area contributed by atoms with E-state index in [0.29, 0.717) is 23.6 Å². The van der Waals surface area contributed by atoms with Gasteiger partial charge in [-0.2, -0.15) is 0 Å². The highest BCUT2D eigenvalue weighted by molar-refractivity contribution is 6.31. The number of methoxy groups -OCH3 is 1. The van der Waals surface area contributed by atoms with Crippen LogP contribution in [0.2, 0.25) is 5.02 Å². The Morgan fingerprint density at radius 3 is 2.50 bits per heavy atom. The average Bonchev–Trinajstić information content (AvgIpc) is 3.02. The molecule has 1 heterocycles. The highest BCUT2D eigenvalue weighted by atomic mass is 35.5. The molecule has 0 saturated heterocycles. The van der Waals surface area contributed by atoms with E-state index < -0.39 is 6.04 Å². The second kappa shape index (κ2) is 10.5. The van der Waals surface area contributed by atoms with Crippen molar-refractivity contribution in [3.63, 3.8) is 0 Å². The van der Waals surface area contributed by atoms with Crippen LogP contribution in [-0.4, -0.2) is 25.3 Å². The van der Waals surface area contributed by atoms with Crippen LogP contribution in [0.1, 0.15) is 43.9 Å². The largest absolute Gasteiger partial charge is 0.497 e. The number of rotatable bonds is 6. The SMILES string of the molecule is COc1ccc(CNC(=O)CN2c3ccccc3NC3=C(C(=O)CC(C)(C)C3)C2c2ccccc2Cl)cc1. The van der Waals surface area contributed by atoms with Crippen LogP contribution >= 0.6 is 11.6 Å². The van der Waals surface area contributed by atoms with Crippen molar-refractivity contribution in [2.24, 2.45) is 5.41 Å². The second-order valence-electron chi connectivity index (χ2n) is 10.7. The van der Waals surface area contributed by atoms with Gasteiger partial charge in [-0.3, -0.25) is 9.59 Å². The molecule has 196 valence electrons. The van der Waals surface area contributed by atoms with E-state index in [1.54, 1.807) is 7.11 Å². The number of anilines is 2. The Balaban J connectivity index is 1.54. The molecule has 3 aromatic rings. The number of hydrogen-bond donors (Lipinski definition) is 2. The van der Waals surface area contributed by atoms with Crippen molar-refractivity contribution in [2.45, 2.75) is 39.3 Å². The number of benzene rings is 3. The van der Waals surface area contributed by atoms with Crippen LogP contribution < -0.4 is 20.3 Å². The minimum absolute atomic E-state index is 0.0538. The third-order valence-electron chi connectivity index (χ3n) is 7.17.